The molecule has 3 N–H and O–H groups in total. The van der Waals surface area contributed by atoms with E-state index < -0.39 is 6.04 Å². The van der Waals surface area contributed by atoms with Crippen LogP contribution in [0.4, 0.5) is 0 Å². The number of H-pyrrole nitrogens is 1. The van der Waals surface area contributed by atoms with Gasteiger partial charge in [0.15, 0.2) is 0 Å². The molecule has 0 spiro atoms. The number of nitrogens with zero attached hydrogens (tertiary/aromatic N) is 1. The number of imidazole rings is 1. The average molecular weight is 189 g/mol. The highest BCUT2D eigenvalue weighted by atomic mass is 16.1. The number of para-hydroxylation sites is 2. The first-order valence-corrected chi connectivity index (χ1v) is 4.44. The quantitative estimate of drug-likeness (QED) is 0.696. The Hall–Kier alpha value is -1.68. The van der Waals surface area contributed by atoms with E-state index in [0.717, 1.165) is 23.1 Å². The van der Waals surface area contributed by atoms with Crippen molar-refractivity contribution in [3.8, 4) is 0 Å². The number of nitrogens with two attached hydrogens (primary N) is 1. The van der Waals surface area contributed by atoms with Gasteiger partial charge in [-0.2, -0.15) is 0 Å². The van der Waals surface area contributed by atoms with Crippen molar-refractivity contribution in [1.82, 2.24) is 9.97 Å². The van der Waals surface area contributed by atoms with Crippen molar-refractivity contribution in [2.45, 2.75) is 12.5 Å². The zero-order valence-corrected chi connectivity index (χ0v) is 7.60. The van der Waals surface area contributed by atoms with Crippen molar-refractivity contribution in [3.63, 3.8) is 0 Å². The molecule has 1 aromatic carbocycles. The number of hydrogen-bond donors (Lipinski definition) is 2. The molecular formula is C10H11N3O. The van der Waals surface area contributed by atoms with E-state index in [4.69, 9.17) is 5.73 Å². The molecule has 0 aliphatic rings. The predicted molar refractivity (Wildman–Crippen MR) is 53.8 cm³/mol. The maximum absolute atomic E-state index is 10.4. The Kier molecular flexibility index (Phi) is 2.28. The molecule has 14 heavy (non-hydrogen) atoms. The van der Waals surface area contributed by atoms with Gasteiger partial charge in [0.25, 0.3) is 0 Å². The van der Waals surface area contributed by atoms with Crippen LogP contribution in [0.1, 0.15) is 5.82 Å². The Labute approximate surface area is 81.1 Å². The van der Waals surface area contributed by atoms with Crippen LogP contribution < -0.4 is 5.73 Å². The lowest BCUT2D eigenvalue weighted by molar-refractivity contribution is -0.108. The standard InChI is InChI=1S/C10H11N3O/c11-7(6-14)5-10-12-8-3-1-2-4-9(8)13-10/h1-4,6-7H,5,11H2,(H,12,13)/t7-/m1/s1. The van der Waals surface area contributed by atoms with Crippen LogP contribution in [0.3, 0.4) is 0 Å². The lowest BCUT2D eigenvalue weighted by Crippen LogP contribution is -2.24. The van der Waals surface area contributed by atoms with Crippen LogP contribution in [0.5, 0.6) is 0 Å². The second kappa shape index (κ2) is 3.59. The Balaban J connectivity index is 2.31. The van der Waals surface area contributed by atoms with Gasteiger partial charge in [-0.3, -0.25) is 0 Å². The smallest absolute Gasteiger partial charge is 0.137 e. The second-order valence-corrected chi connectivity index (χ2v) is 3.20. The van der Waals surface area contributed by atoms with Crippen LogP contribution in [-0.2, 0) is 11.2 Å². The number of benzene rings is 1. The number of carbonyl (C=O) groups excluding carboxylic acids is 1. The lowest BCUT2D eigenvalue weighted by atomic mass is 10.2. The summed E-state index contributed by atoms with van der Waals surface area (Å²) in [7, 11) is 0. The van der Waals surface area contributed by atoms with Crippen LogP contribution in [0, 0.1) is 0 Å². The Bertz CT molecular complexity index is 416. The fraction of sp³-hybridized carbons (Fsp3) is 0.200. The zero-order chi connectivity index (χ0) is 9.97. The van der Waals surface area contributed by atoms with E-state index in [-0.39, 0.29) is 0 Å². The summed E-state index contributed by atoms with van der Waals surface area (Å²) in [4.78, 5) is 17.8. The summed E-state index contributed by atoms with van der Waals surface area (Å²) in [6.07, 6.45) is 1.19. The normalized spacial score (nSPS) is 12.9. The minimum Gasteiger partial charge on any atom is -0.342 e. The van der Waals surface area contributed by atoms with Gasteiger partial charge in [0, 0.05) is 6.42 Å². The molecule has 0 radical (unpaired) electrons. The Morgan fingerprint density at radius 1 is 1.50 bits per heavy atom. The van der Waals surface area contributed by atoms with E-state index in [0.29, 0.717) is 6.42 Å². The van der Waals surface area contributed by atoms with E-state index in [1.54, 1.807) is 0 Å². The van der Waals surface area contributed by atoms with E-state index in [1.807, 2.05) is 24.3 Å². The predicted octanol–water partition coefficient (Wildman–Crippen LogP) is 0.632. The number of hydrogen-bond acceptors (Lipinski definition) is 3. The summed E-state index contributed by atoms with van der Waals surface area (Å²) in [5.41, 5.74) is 7.37. The van der Waals surface area contributed by atoms with Crippen molar-refractivity contribution < 1.29 is 4.79 Å². The highest BCUT2D eigenvalue weighted by Gasteiger charge is 2.06. The van der Waals surface area contributed by atoms with Gasteiger partial charge in [-0.05, 0) is 12.1 Å². The number of aromatic amines is 1. The zero-order valence-electron chi connectivity index (χ0n) is 7.60. The van der Waals surface area contributed by atoms with Gasteiger partial charge in [-0.15, -0.1) is 0 Å². The monoisotopic (exact) mass is 189 g/mol. The molecule has 0 bridgehead atoms. The topological polar surface area (TPSA) is 71.8 Å². The number of fused-ring (bicyclic) bond motifs is 1. The third-order valence-corrected chi connectivity index (χ3v) is 2.04. The van der Waals surface area contributed by atoms with E-state index in [2.05, 4.69) is 9.97 Å². The molecule has 0 saturated heterocycles. The van der Waals surface area contributed by atoms with Gasteiger partial charge in [0.05, 0.1) is 17.1 Å². The van der Waals surface area contributed by atoms with Crippen LogP contribution >= 0.6 is 0 Å². The molecule has 0 aliphatic heterocycles. The summed E-state index contributed by atoms with van der Waals surface area (Å²) in [6.45, 7) is 0. The molecule has 0 unspecified atom stereocenters. The number of rotatable bonds is 3. The Morgan fingerprint density at radius 3 is 3.00 bits per heavy atom. The fourth-order valence-electron chi connectivity index (χ4n) is 1.37. The van der Waals surface area contributed by atoms with Crippen molar-refractivity contribution in [1.29, 1.82) is 0 Å². The van der Waals surface area contributed by atoms with Crippen LogP contribution in [0.25, 0.3) is 11.0 Å². The first-order chi connectivity index (χ1) is 6.79. The summed E-state index contributed by atoms with van der Waals surface area (Å²) in [5.74, 6) is 0.755. The molecule has 1 heterocycles. The molecule has 2 aromatic rings. The van der Waals surface area contributed by atoms with Crippen LogP contribution in [0.2, 0.25) is 0 Å². The maximum atomic E-state index is 10.4. The Morgan fingerprint density at radius 2 is 2.29 bits per heavy atom. The molecule has 1 aromatic heterocycles. The summed E-state index contributed by atoms with van der Waals surface area (Å²) >= 11 is 0. The maximum Gasteiger partial charge on any atom is 0.137 e. The highest BCUT2D eigenvalue weighted by Crippen LogP contribution is 2.10. The van der Waals surface area contributed by atoms with Gasteiger partial charge in [0.2, 0.25) is 0 Å². The molecule has 4 heteroatoms. The number of nitrogens with one attached hydrogen (secondary N) is 1. The van der Waals surface area contributed by atoms with E-state index in [9.17, 15) is 4.79 Å². The highest BCUT2D eigenvalue weighted by molar-refractivity contribution is 5.74. The van der Waals surface area contributed by atoms with Gasteiger partial charge < -0.3 is 15.5 Å². The van der Waals surface area contributed by atoms with Gasteiger partial charge >= 0.3 is 0 Å². The first-order valence-electron chi connectivity index (χ1n) is 4.44. The molecule has 0 saturated carbocycles. The number of carbonyl (C=O) groups is 1. The molecule has 2 rings (SSSR count). The number of aromatic nitrogens is 2. The molecule has 0 aliphatic carbocycles. The minimum absolute atomic E-state index is 0.457. The van der Waals surface area contributed by atoms with Crippen molar-refractivity contribution in [3.05, 3.63) is 30.1 Å². The average Bonchev–Trinajstić information content (AvgIpc) is 2.59. The van der Waals surface area contributed by atoms with Gasteiger partial charge in [0.1, 0.15) is 12.1 Å². The third-order valence-electron chi connectivity index (χ3n) is 2.04. The first kappa shape index (κ1) is 8.90. The SMILES string of the molecule is N[C@@H](C=O)Cc1nc2ccccc2[nH]1. The lowest BCUT2D eigenvalue weighted by Gasteiger charge is -1.97. The second-order valence-electron chi connectivity index (χ2n) is 3.20. The summed E-state index contributed by atoms with van der Waals surface area (Å²) < 4.78 is 0. The fourth-order valence-corrected chi connectivity index (χ4v) is 1.37. The van der Waals surface area contributed by atoms with Crippen molar-refractivity contribution in [2.24, 2.45) is 5.73 Å². The van der Waals surface area contributed by atoms with Crippen LogP contribution in [-0.4, -0.2) is 22.3 Å². The van der Waals surface area contributed by atoms with Gasteiger partial charge in [-0.25, -0.2) is 4.98 Å². The molecule has 0 amide bonds. The molecule has 72 valence electrons. The number of aldehydes is 1. The van der Waals surface area contributed by atoms with Gasteiger partial charge in [-0.1, -0.05) is 12.1 Å². The molecule has 0 fully saturated rings. The molecule has 4 nitrogen and oxygen atoms in total. The van der Waals surface area contributed by atoms with E-state index >= 15 is 0 Å². The van der Waals surface area contributed by atoms with E-state index in [1.165, 1.54) is 0 Å². The summed E-state index contributed by atoms with van der Waals surface area (Å²) in [6, 6.07) is 7.24. The van der Waals surface area contributed by atoms with Crippen molar-refractivity contribution in [2.75, 3.05) is 0 Å². The molecular weight excluding hydrogens is 178 g/mol. The largest absolute Gasteiger partial charge is 0.342 e. The molecule has 1 atom stereocenters. The minimum atomic E-state index is -0.476. The van der Waals surface area contributed by atoms with Crippen LogP contribution in [0.15, 0.2) is 24.3 Å². The summed E-state index contributed by atoms with van der Waals surface area (Å²) in [5, 5.41) is 0. The third kappa shape index (κ3) is 1.65. The van der Waals surface area contributed by atoms with Crippen molar-refractivity contribution >= 4 is 17.3 Å².